The zero-order valence-corrected chi connectivity index (χ0v) is 23.1. The first-order chi connectivity index (χ1) is 18.2. The summed E-state index contributed by atoms with van der Waals surface area (Å²) >= 11 is 0. The van der Waals surface area contributed by atoms with E-state index in [0.717, 1.165) is 5.69 Å². The Morgan fingerprint density at radius 3 is 2.11 bits per heavy atom. The quantitative estimate of drug-likeness (QED) is 0.240. The molecule has 0 atom stereocenters. The van der Waals surface area contributed by atoms with E-state index in [1.165, 1.54) is 4.31 Å². The Kier molecular flexibility index (Phi) is 8.38. The molecule has 0 N–H and O–H groups in total. The fourth-order valence-electron chi connectivity index (χ4n) is 4.10. The van der Waals surface area contributed by atoms with E-state index in [9.17, 15) is 8.42 Å². The Labute approximate surface area is 224 Å². The maximum Gasteiger partial charge on any atom is 0.243 e. The number of rotatable bonds is 11. The van der Waals surface area contributed by atoms with Crippen LogP contribution in [0, 0.1) is 12.8 Å². The van der Waals surface area contributed by atoms with Crippen LogP contribution in [-0.2, 0) is 16.6 Å². The van der Waals surface area contributed by atoms with Crippen LogP contribution in [0.4, 0.5) is 0 Å². The molecule has 0 bridgehead atoms. The molecule has 1 heterocycles. The number of ether oxygens (including phenoxy) is 3. The summed E-state index contributed by atoms with van der Waals surface area (Å²) in [6.45, 7) is 6.23. The highest BCUT2D eigenvalue weighted by Gasteiger charge is 2.30. The van der Waals surface area contributed by atoms with Crippen molar-refractivity contribution in [1.29, 1.82) is 0 Å². The third-order valence-electron chi connectivity index (χ3n) is 6.01. The van der Waals surface area contributed by atoms with Gasteiger partial charge in [0.25, 0.3) is 0 Å². The average molecular weight is 536 g/mol. The lowest BCUT2D eigenvalue weighted by Gasteiger charge is -2.24. The molecule has 0 saturated heterocycles. The molecular formula is C29H33N3O5S. The number of benzene rings is 3. The molecule has 0 aliphatic carbocycles. The number of aryl methyl sites for hydroxylation is 1. The van der Waals surface area contributed by atoms with Crippen molar-refractivity contribution in [3.63, 3.8) is 0 Å². The maximum absolute atomic E-state index is 13.8. The van der Waals surface area contributed by atoms with Crippen molar-refractivity contribution in [2.45, 2.75) is 32.2 Å². The van der Waals surface area contributed by atoms with E-state index in [2.05, 4.69) is 0 Å². The first-order valence-corrected chi connectivity index (χ1v) is 13.8. The maximum atomic E-state index is 13.8. The molecule has 0 aliphatic heterocycles. The summed E-state index contributed by atoms with van der Waals surface area (Å²) in [5.41, 5.74) is 2.12. The number of aromatic nitrogens is 2. The topological polar surface area (TPSA) is 82.9 Å². The van der Waals surface area contributed by atoms with Crippen LogP contribution in [-0.4, -0.2) is 43.3 Å². The second kappa shape index (κ2) is 11.7. The molecule has 0 fully saturated rings. The zero-order chi connectivity index (χ0) is 27.3. The van der Waals surface area contributed by atoms with Crippen molar-refractivity contribution < 1.29 is 22.6 Å². The van der Waals surface area contributed by atoms with Crippen LogP contribution in [0.1, 0.15) is 25.1 Å². The van der Waals surface area contributed by atoms with Crippen molar-refractivity contribution in [3.05, 3.63) is 90.1 Å². The summed E-state index contributed by atoms with van der Waals surface area (Å²) in [6.07, 6.45) is 0. The first-order valence-electron chi connectivity index (χ1n) is 12.3. The van der Waals surface area contributed by atoms with Gasteiger partial charge in [-0.15, -0.1) is 0 Å². The Hall–Kier alpha value is -3.82. The number of sulfonamides is 1. The van der Waals surface area contributed by atoms with E-state index >= 15 is 0 Å². The predicted molar refractivity (Wildman–Crippen MR) is 147 cm³/mol. The van der Waals surface area contributed by atoms with Gasteiger partial charge in [0, 0.05) is 13.1 Å². The Balaban J connectivity index is 1.82. The van der Waals surface area contributed by atoms with Gasteiger partial charge in [0.1, 0.15) is 5.75 Å². The van der Waals surface area contributed by atoms with E-state index in [-0.39, 0.29) is 17.4 Å². The standard InChI is InChI=1S/C29H33N3O5S/c1-21(2)19-31(38(33,34)25-17-15-24(35-4)16-18-25)20-26-22(3)30-32(23-11-7-6-8-12-23)29(26)37-28-14-10-9-13-27(28)36-5/h6-18,21H,19-20H2,1-5H3. The number of para-hydroxylation sites is 3. The Morgan fingerprint density at radius 2 is 1.50 bits per heavy atom. The lowest BCUT2D eigenvalue weighted by Crippen LogP contribution is -2.34. The van der Waals surface area contributed by atoms with Crippen molar-refractivity contribution in [1.82, 2.24) is 14.1 Å². The van der Waals surface area contributed by atoms with Gasteiger partial charge in [0.15, 0.2) is 11.5 Å². The summed E-state index contributed by atoms with van der Waals surface area (Å²) in [7, 11) is -0.709. The monoisotopic (exact) mass is 535 g/mol. The summed E-state index contributed by atoms with van der Waals surface area (Å²) in [4.78, 5) is 0.194. The van der Waals surface area contributed by atoms with Crippen molar-refractivity contribution >= 4 is 10.0 Å². The van der Waals surface area contributed by atoms with Crippen LogP contribution >= 0.6 is 0 Å². The highest BCUT2D eigenvalue weighted by Crippen LogP contribution is 2.36. The summed E-state index contributed by atoms with van der Waals surface area (Å²) in [5.74, 6) is 2.17. The molecule has 0 unspecified atom stereocenters. The number of nitrogens with zero attached hydrogens (tertiary/aromatic N) is 3. The number of methoxy groups -OCH3 is 2. The molecule has 8 nitrogen and oxygen atoms in total. The van der Waals surface area contributed by atoms with E-state index < -0.39 is 10.0 Å². The van der Waals surface area contributed by atoms with Crippen LogP contribution in [0.5, 0.6) is 23.1 Å². The van der Waals surface area contributed by atoms with Crippen LogP contribution in [0.25, 0.3) is 5.69 Å². The van der Waals surface area contributed by atoms with Gasteiger partial charge in [-0.25, -0.2) is 13.1 Å². The van der Waals surface area contributed by atoms with Crippen LogP contribution < -0.4 is 14.2 Å². The lowest BCUT2D eigenvalue weighted by atomic mass is 10.2. The molecule has 0 saturated carbocycles. The summed E-state index contributed by atoms with van der Waals surface area (Å²) in [6, 6.07) is 23.3. The molecule has 0 spiro atoms. The minimum Gasteiger partial charge on any atom is -0.497 e. The molecule has 0 aliphatic rings. The van der Waals surface area contributed by atoms with Gasteiger partial charge in [-0.3, -0.25) is 0 Å². The van der Waals surface area contributed by atoms with Crippen LogP contribution in [0.15, 0.2) is 83.8 Å². The predicted octanol–water partition coefficient (Wildman–Crippen LogP) is 5.84. The second-order valence-corrected chi connectivity index (χ2v) is 11.2. The van der Waals surface area contributed by atoms with E-state index in [1.807, 2.05) is 69.3 Å². The molecule has 0 amide bonds. The molecule has 4 rings (SSSR count). The highest BCUT2D eigenvalue weighted by molar-refractivity contribution is 7.89. The molecule has 9 heteroatoms. The molecule has 200 valence electrons. The molecule has 1 aromatic heterocycles. The number of hydrogen-bond acceptors (Lipinski definition) is 6. The number of hydrogen-bond donors (Lipinski definition) is 0. The Bertz CT molecular complexity index is 1470. The molecule has 38 heavy (non-hydrogen) atoms. The van der Waals surface area contributed by atoms with Gasteiger partial charge in [0.05, 0.1) is 36.1 Å². The fourth-order valence-corrected chi connectivity index (χ4v) is 5.68. The van der Waals surface area contributed by atoms with E-state index in [4.69, 9.17) is 19.3 Å². The normalized spacial score (nSPS) is 11.7. The van der Waals surface area contributed by atoms with Crippen LogP contribution in [0.3, 0.4) is 0 Å². The summed E-state index contributed by atoms with van der Waals surface area (Å²) in [5, 5.41) is 4.76. The van der Waals surface area contributed by atoms with Gasteiger partial charge >= 0.3 is 0 Å². The molecular weight excluding hydrogens is 502 g/mol. The largest absolute Gasteiger partial charge is 0.497 e. The average Bonchev–Trinajstić information content (AvgIpc) is 3.23. The van der Waals surface area contributed by atoms with Gasteiger partial charge < -0.3 is 14.2 Å². The molecule has 3 aromatic carbocycles. The molecule has 0 radical (unpaired) electrons. The van der Waals surface area contributed by atoms with Gasteiger partial charge in [-0.1, -0.05) is 44.2 Å². The smallest absolute Gasteiger partial charge is 0.243 e. The van der Waals surface area contributed by atoms with Crippen LogP contribution in [0.2, 0.25) is 0 Å². The van der Waals surface area contributed by atoms with Gasteiger partial charge in [0.2, 0.25) is 15.9 Å². The minimum atomic E-state index is -3.83. The lowest BCUT2D eigenvalue weighted by molar-refractivity contribution is 0.346. The van der Waals surface area contributed by atoms with Gasteiger partial charge in [-0.2, -0.15) is 9.40 Å². The third kappa shape index (κ3) is 5.84. The van der Waals surface area contributed by atoms with E-state index in [1.54, 1.807) is 49.2 Å². The highest BCUT2D eigenvalue weighted by atomic mass is 32.2. The Morgan fingerprint density at radius 1 is 0.868 bits per heavy atom. The van der Waals surface area contributed by atoms with Crippen molar-refractivity contribution in [2.24, 2.45) is 5.92 Å². The fraction of sp³-hybridized carbons (Fsp3) is 0.276. The SMILES string of the molecule is COc1ccc(S(=O)(=O)N(Cc2c(C)nn(-c3ccccc3)c2Oc2ccccc2OC)CC(C)C)cc1. The van der Waals surface area contributed by atoms with Gasteiger partial charge in [-0.05, 0) is 61.4 Å². The van der Waals surface area contributed by atoms with E-state index in [0.29, 0.717) is 40.9 Å². The minimum absolute atomic E-state index is 0.0791. The van der Waals surface area contributed by atoms with Crippen molar-refractivity contribution in [3.8, 4) is 28.8 Å². The third-order valence-corrected chi connectivity index (χ3v) is 7.84. The van der Waals surface area contributed by atoms with Crippen molar-refractivity contribution in [2.75, 3.05) is 20.8 Å². The summed E-state index contributed by atoms with van der Waals surface area (Å²) < 4.78 is 48.0. The zero-order valence-electron chi connectivity index (χ0n) is 22.3. The second-order valence-electron chi connectivity index (χ2n) is 9.24. The first kappa shape index (κ1) is 27.2. The molecule has 4 aromatic rings.